The predicted octanol–water partition coefficient (Wildman–Crippen LogP) is 1.20. The zero-order chi connectivity index (χ0) is 15.6. The van der Waals surface area contributed by atoms with Crippen LogP contribution in [0.4, 0.5) is 10.7 Å². The van der Waals surface area contributed by atoms with E-state index in [9.17, 15) is 9.59 Å². The molecule has 0 fully saturated rings. The largest absolute Gasteiger partial charge is 0.397 e. The first kappa shape index (κ1) is 15.0. The molecule has 112 valence electrons. The van der Waals surface area contributed by atoms with Gasteiger partial charge in [-0.05, 0) is 6.92 Å². The van der Waals surface area contributed by atoms with Gasteiger partial charge in [0.15, 0.2) is 11.6 Å². The first-order valence-corrected chi connectivity index (χ1v) is 6.94. The van der Waals surface area contributed by atoms with Gasteiger partial charge in [-0.1, -0.05) is 5.16 Å². The van der Waals surface area contributed by atoms with Crippen molar-refractivity contribution in [3.8, 4) is 0 Å². The van der Waals surface area contributed by atoms with Crippen LogP contribution in [0.1, 0.15) is 38.7 Å². The fourth-order valence-corrected chi connectivity index (χ4v) is 2.76. The van der Waals surface area contributed by atoms with E-state index in [4.69, 9.17) is 10.3 Å². The van der Waals surface area contributed by atoms with Crippen LogP contribution in [0.25, 0.3) is 0 Å². The number of nitrogens with zero attached hydrogens (tertiary/aromatic N) is 2. The maximum atomic E-state index is 11.9. The van der Waals surface area contributed by atoms with Crippen LogP contribution in [-0.4, -0.2) is 28.9 Å². The highest BCUT2D eigenvalue weighted by Crippen LogP contribution is 2.36. The molecule has 21 heavy (non-hydrogen) atoms. The van der Waals surface area contributed by atoms with Crippen molar-refractivity contribution in [3.05, 3.63) is 22.2 Å². The number of nitrogens with one attached hydrogen (secondary N) is 2. The normalized spacial score (nSPS) is 10.4. The average molecular weight is 309 g/mol. The van der Waals surface area contributed by atoms with Crippen LogP contribution < -0.4 is 16.4 Å². The first-order valence-electron chi connectivity index (χ1n) is 6.12. The summed E-state index contributed by atoms with van der Waals surface area (Å²) in [5.41, 5.74) is 6.32. The van der Waals surface area contributed by atoms with Crippen LogP contribution >= 0.6 is 11.3 Å². The summed E-state index contributed by atoms with van der Waals surface area (Å²) in [6.45, 7) is 3.35. The average Bonchev–Trinajstić information content (AvgIpc) is 2.99. The minimum Gasteiger partial charge on any atom is -0.397 e. The van der Waals surface area contributed by atoms with E-state index in [-0.39, 0.29) is 29.5 Å². The second-order valence-electron chi connectivity index (χ2n) is 4.27. The molecule has 8 nitrogen and oxygen atoms in total. The molecule has 2 aromatic heterocycles. The lowest BCUT2D eigenvalue weighted by Crippen LogP contribution is -2.20. The number of thiophene rings is 1. The Hall–Kier alpha value is -2.42. The maximum Gasteiger partial charge on any atom is 0.256 e. The third-order valence-corrected chi connectivity index (χ3v) is 3.95. The van der Waals surface area contributed by atoms with E-state index >= 15 is 0 Å². The van der Waals surface area contributed by atoms with Gasteiger partial charge in [-0.15, -0.1) is 11.3 Å². The molecule has 0 unspecified atom stereocenters. The molecule has 0 aliphatic heterocycles. The number of rotatable bonds is 5. The Balaban J connectivity index is 2.30. The van der Waals surface area contributed by atoms with Crippen molar-refractivity contribution in [1.82, 2.24) is 15.5 Å². The Morgan fingerprint density at radius 2 is 2.14 bits per heavy atom. The van der Waals surface area contributed by atoms with Crippen LogP contribution in [-0.2, 0) is 6.54 Å². The number of carbonyl (C=O) groups is 2. The quantitative estimate of drug-likeness (QED) is 0.709. The Kier molecular flexibility index (Phi) is 4.22. The number of nitrogen functional groups attached to an aromatic ring is 1. The summed E-state index contributed by atoms with van der Waals surface area (Å²) in [4.78, 5) is 27.9. The zero-order valence-corrected chi connectivity index (χ0v) is 12.6. The Bertz CT molecular complexity index is 691. The van der Waals surface area contributed by atoms with Crippen molar-refractivity contribution in [2.45, 2.75) is 20.4 Å². The number of carbonyl (C=O) groups excluding carboxylic acids is 2. The minimum absolute atomic E-state index is 0.177. The molecule has 0 bridgehead atoms. The van der Waals surface area contributed by atoms with E-state index in [1.807, 2.05) is 0 Å². The molecule has 0 saturated carbocycles. The monoisotopic (exact) mass is 309 g/mol. The van der Waals surface area contributed by atoms with Crippen molar-refractivity contribution >= 4 is 33.7 Å². The lowest BCUT2D eigenvalue weighted by molar-refractivity contribution is 0.0965. The van der Waals surface area contributed by atoms with Gasteiger partial charge in [0.05, 0.1) is 22.7 Å². The van der Waals surface area contributed by atoms with Crippen molar-refractivity contribution in [3.63, 3.8) is 0 Å². The number of hydrogen-bond donors (Lipinski definition) is 3. The van der Waals surface area contributed by atoms with Crippen molar-refractivity contribution < 1.29 is 14.1 Å². The van der Waals surface area contributed by atoms with Crippen LogP contribution in [0.15, 0.2) is 4.52 Å². The maximum absolute atomic E-state index is 11.9. The van der Waals surface area contributed by atoms with Gasteiger partial charge in [-0.2, -0.15) is 4.98 Å². The van der Waals surface area contributed by atoms with E-state index in [1.165, 1.54) is 14.0 Å². The zero-order valence-electron chi connectivity index (χ0n) is 11.8. The lowest BCUT2D eigenvalue weighted by Gasteiger charge is -2.04. The van der Waals surface area contributed by atoms with Crippen LogP contribution in [0.3, 0.4) is 0 Å². The number of ketones is 1. The summed E-state index contributed by atoms with van der Waals surface area (Å²) < 4.78 is 4.98. The fourth-order valence-electron chi connectivity index (χ4n) is 1.75. The molecule has 4 N–H and O–H groups in total. The topological polar surface area (TPSA) is 123 Å². The standard InChI is InChI=1S/C12H15N5O3S/c1-5(18)10-9(13)8(11(19)14-3)12(21-10)15-4-7-16-6(2)17-20-7/h15H,4,13H2,1-3H3,(H,14,19). The van der Waals surface area contributed by atoms with Crippen LogP contribution in [0.2, 0.25) is 0 Å². The number of aromatic nitrogens is 2. The molecule has 2 rings (SSSR count). The van der Waals surface area contributed by atoms with Crippen molar-refractivity contribution in [1.29, 1.82) is 0 Å². The first-order chi connectivity index (χ1) is 9.93. The summed E-state index contributed by atoms with van der Waals surface area (Å²) in [5, 5.41) is 9.67. The molecule has 0 aliphatic carbocycles. The molecular weight excluding hydrogens is 294 g/mol. The van der Waals surface area contributed by atoms with E-state index < -0.39 is 0 Å². The molecule has 1 amide bonds. The second kappa shape index (κ2) is 5.92. The molecule has 0 aliphatic rings. The van der Waals surface area contributed by atoms with Crippen molar-refractivity contribution in [2.24, 2.45) is 0 Å². The summed E-state index contributed by atoms with van der Waals surface area (Å²) in [6.07, 6.45) is 0. The molecule has 2 aromatic rings. The van der Waals surface area contributed by atoms with Crippen molar-refractivity contribution in [2.75, 3.05) is 18.1 Å². The number of anilines is 2. The van der Waals surface area contributed by atoms with Gasteiger partial charge >= 0.3 is 0 Å². The number of Topliss-reactive ketones (excluding diaryl/α,β-unsaturated/α-hetero) is 1. The smallest absolute Gasteiger partial charge is 0.256 e. The Morgan fingerprint density at radius 3 is 2.67 bits per heavy atom. The van der Waals surface area contributed by atoms with Gasteiger partial charge < -0.3 is 20.9 Å². The van der Waals surface area contributed by atoms with Gasteiger partial charge in [0, 0.05) is 14.0 Å². The van der Waals surface area contributed by atoms with Gasteiger partial charge in [0.1, 0.15) is 5.00 Å². The van der Waals surface area contributed by atoms with E-state index in [1.54, 1.807) is 6.92 Å². The van der Waals surface area contributed by atoms with Gasteiger partial charge in [0.25, 0.3) is 5.91 Å². The highest BCUT2D eigenvalue weighted by Gasteiger charge is 2.23. The van der Waals surface area contributed by atoms with Crippen LogP contribution in [0, 0.1) is 6.92 Å². The molecule has 0 atom stereocenters. The third kappa shape index (κ3) is 3.02. The summed E-state index contributed by atoms with van der Waals surface area (Å²) in [5.74, 6) is 0.352. The molecule has 2 heterocycles. The lowest BCUT2D eigenvalue weighted by atomic mass is 10.2. The van der Waals surface area contributed by atoms with E-state index in [2.05, 4.69) is 20.8 Å². The predicted molar refractivity (Wildman–Crippen MR) is 78.5 cm³/mol. The van der Waals surface area contributed by atoms with E-state index in [0.29, 0.717) is 21.6 Å². The number of amides is 1. The third-order valence-electron chi connectivity index (χ3n) is 2.69. The number of nitrogens with two attached hydrogens (primary N) is 1. The molecule has 0 spiro atoms. The summed E-state index contributed by atoms with van der Waals surface area (Å²) in [6, 6.07) is 0. The molecular formula is C12H15N5O3S. The molecule has 0 aromatic carbocycles. The van der Waals surface area contributed by atoms with Gasteiger partial charge in [-0.25, -0.2) is 0 Å². The fraction of sp³-hybridized carbons (Fsp3) is 0.333. The molecule has 0 saturated heterocycles. The number of aryl methyl sites for hydroxylation is 1. The number of hydrogen-bond acceptors (Lipinski definition) is 8. The summed E-state index contributed by atoms with van der Waals surface area (Å²) >= 11 is 1.13. The summed E-state index contributed by atoms with van der Waals surface area (Å²) in [7, 11) is 1.50. The van der Waals surface area contributed by atoms with Gasteiger partial charge in [-0.3, -0.25) is 9.59 Å². The van der Waals surface area contributed by atoms with Gasteiger partial charge in [0.2, 0.25) is 5.89 Å². The highest BCUT2D eigenvalue weighted by atomic mass is 32.1. The van der Waals surface area contributed by atoms with E-state index in [0.717, 1.165) is 11.3 Å². The SMILES string of the molecule is CNC(=O)c1c(NCc2nc(C)no2)sc(C(C)=O)c1N. The molecule has 9 heteroatoms. The molecule has 0 radical (unpaired) electrons. The minimum atomic E-state index is -0.361. The Morgan fingerprint density at radius 1 is 1.43 bits per heavy atom. The van der Waals surface area contributed by atoms with Crippen LogP contribution in [0.5, 0.6) is 0 Å². The Labute approximate surface area is 124 Å². The second-order valence-corrected chi connectivity index (χ2v) is 5.29. The highest BCUT2D eigenvalue weighted by molar-refractivity contribution is 7.19.